The van der Waals surface area contributed by atoms with Crippen molar-refractivity contribution < 1.29 is 86.0 Å². The van der Waals surface area contributed by atoms with Crippen LogP contribution in [0, 0.1) is 35.5 Å². The van der Waals surface area contributed by atoms with Gasteiger partial charge in [-0.15, -0.1) is 11.3 Å². The number of benzene rings is 2. The average molecular weight is 1670 g/mol. The smallest absolute Gasteiger partial charge is 0.411 e. The lowest BCUT2D eigenvalue weighted by molar-refractivity contribution is -0.148. The summed E-state index contributed by atoms with van der Waals surface area (Å²) in [5, 5.41) is 22.3. The Labute approximate surface area is 699 Å². The number of carbonyl (C=O) groups is 13. The maximum Gasteiger partial charge on any atom is 0.411 e. The molecule has 14 amide bonds. The number of thiazole rings is 1. The van der Waals surface area contributed by atoms with Gasteiger partial charge >= 0.3 is 12.1 Å². The Morgan fingerprint density at radius 1 is 0.695 bits per heavy atom. The van der Waals surface area contributed by atoms with Gasteiger partial charge in [-0.05, 0) is 86.9 Å². The zero-order valence-electron chi connectivity index (χ0n) is 71.7. The molecule has 656 valence electrons. The third-order valence-corrected chi connectivity index (χ3v) is 23.2. The molecule has 3 aliphatic heterocycles. The minimum atomic E-state index is -1.56. The molecule has 0 spiro atoms. The second-order valence-corrected chi connectivity index (χ2v) is 33.0. The highest BCUT2D eigenvalue weighted by Gasteiger charge is 2.46. The molecule has 4 heterocycles. The van der Waals surface area contributed by atoms with Crippen LogP contribution in [-0.2, 0) is 82.8 Å². The fourth-order valence-corrected chi connectivity index (χ4v) is 15.9. The number of amides is 14. The van der Waals surface area contributed by atoms with Crippen molar-refractivity contribution in [3.8, 4) is 0 Å². The Morgan fingerprint density at radius 3 is 1.98 bits per heavy atom. The normalized spacial score (nSPS) is 17.9. The minimum absolute atomic E-state index is 0.0117. The number of anilines is 1. The Kier molecular flexibility index (Phi) is 40.8. The first-order valence-electron chi connectivity index (χ1n) is 41.6. The lowest BCUT2D eigenvalue weighted by atomic mass is 9.89. The molecule has 1 aromatic heterocycles. The number of carbonyl (C=O) groups excluding carboxylic acids is 13. The molecule has 3 saturated heterocycles. The number of hydrogen-bond acceptors (Lipinski definition) is 21. The number of likely N-dealkylation sites (tertiary alicyclic amines) is 2. The van der Waals surface area contributed by atoms with E-state index in [1.54, 1.807) is 76.6 Å². The number of unbranched alkanes of at least 4 members (excludes halogenated alkanes) is 1. The summed E-state index contributed by atoms with van der Waals surface area (Å²) in [6, 6.07) is 8.85. The fraction of sp³-hybridized carbons (Fsp3) is 0.667. The molecular weight excluding hydrogens is 1540 g/mol. The van der Waals surface area contributed by atoms with E-state index in [1.807, 2.05) is 70.5 Å². The number of likely N-dealkylation sites (N-methyl/N-ethyl adjacent to an activating group) is 3. The fourth-order valence-electron chi connectivity index (χ4n) is 15.2. The highest BCUT2D eigenvalue weighted by Crippen LogP contribution is 2.33. The molecule has 6 rings (SSSR count). The van der Waals surface area contributed by atoms with Gasteiger partial charge in [-0.1, -0.05) is 131 Å². The maximum atomic E-state index is 15.2. The zero-order valence-corrected chi connectivity index (χ0v) is 72.5. The Bertz CT molecular complexity index is 3740. The van der Waals surface area contributed by atoms with E-state index < -0.39 is 126 Å². The summed E-state index contributed by atoms with van der Waals surface area (Å²) in [4.78, 5) is 193. The summed E-state index contributed by atoms with van der Waals surface area (Å²) in [6.45, 7) is 21.0. The van der Waals surface area contributed by atoms with Crippen LogP contribution in [0.2, 0.25) is 0 Å². The first-order chi connectivity index (χ1) is 56.2. The number of aromatic nitrogens is 1. The number of rotatable bonds is 49. The molecule has 0 aliphatic carbocycles. The number of nitrogens with two attached hydrogens (primary N) is 1. The van der Waals surface area contributed by atoms with E-state index in [-0.39, 0.29) is 143 Å². The molecule has 9 N–H and O–H groups in total. The van der Waals surface area contributed by atoms with E-state index in [4.69, 9.17) is 29.4 Å². The number of primary amides is 1. The van der Waals surface area contributed by atoms with Crippen LogP contribution in [0.15, 0.2) is 66.2 Å². The number of piperazine rings is 1. The summed E-state index contributed by atoms with van der Waals surface area (Å²) in [5.74, 6) is -7.52. The van der Waals surface area contributed by atoms with Gasteiger partial charge in [0.2, 0.25) is 65.2 Å². The third-order valence-electron chi connectivity index (χ3n) is 22.3. The van der Waals surface area contributed by atoms with Crippen molar-refractivity contribution in [2.24, 2.45) is 41.2 Å². The molecule has 3 fully saturated rings. The molecule has 3 aliphatic rings. The second-order valence-electron chi connectivity index (χ2n) is 32.0. The van der Waals surface area contributed by atoms with Crippen LogP contribution in [0.1, 0.15) is 175 Å². The number of nitrogens with one attached hydrogen (secondary N) is 7. The number of imide groups is 1. The van der Waals surface area contributed by atoms with Crippen molar-refractivity contribution in [1.29, 1.82) is 0 Å². The van der Waals surface area contributed by atoms with Crippen LogP contribution < -0.4 is 43.0 Å². The monoisotopic (exact) mass is 1670 g/mol. The van der Waals surface area contributed by atoms with Crippen LogP contribution in [0.5, 0.6) is 0 Å². The van der Waals surface area contributed by atoms with E-state index in [0.29, 0.717) is 64.8 Å². The SMILES string of the molecule is CCCCC1CC(=O)N(CCC(=O)NCCOCCOCCC(=O)N[C@H](C(=O)N[C@@H](CCCNC(N)=O)C(=O)Nc2ccc(C(OC(=O)N(C)[C@H](C(=O)N[C@H](C(=O)N(C)[C@@H]([C@@H](C)CC)[C@@H](CC(=O)N3CCC[C@H]3[C@H](OC)[C@@H](C)C(=O)N[C@@H](Cc3ccccc3)c3nccs3)OC)C(C)C)C(C)C)C(=O)N3CCN(C)CC3)cc2)C(C)C)C1=O. The number of hydrogen-bond donors (Lipinski definition) is 8. The first-order valence-corrected chi connectivity index (χ1v) is 42.5. The number of urea groups is 1. The molecule has 13 atom stereocenters. The average Bonchev–Trinajstić information content (AvgIpc) is 1.78. The topological polar surface area (TPSA) is 411 Å². The van der Waals surface area contributed by atoms with Gasteiger partial charge in [-0.25, -0.2) is 14.6 Å². The van der Waals surface area contributed by atoms with E-state index in [1.165, 1.54) is 54.7 Å². The molecular formula is C84H131N15O18S. The summed E-state index contributed by atoms with van der Waals surface area (Å²) in [5.41, 5.74) is 6.80. The highest BCUT2D eigenvalue weighted by molar-refractivity contribution is 7.09. The first kappa shape index (κ1) is 97.6. The van der Waals surface area contributed by atoms with Crippen molar-refractivity contribution >= 4 is 94.1 Å². The molecule has 0 bridgehead atoms. The predicted molar refractivity (Wildman–Crippen MR) is 445 cm³/mol. The second kappa shape index (κ2) is 49.4. The summed E-state index contributed by atoms with van der Waals surface area (Å²) in [6.07, 6.45) is 2.60. The zero-order chi connectivity index (χ0) is 86.9. The molecule has 3 aromatic rings. The molecule has 34 heteroatoms. The lowest BCUT2D eigenvalue weighted by Gasteiger charge is -2.41. The van der Waals surface area contributed by atoms with E-state index >= 15 is 4.79 Å². The number of methoxy groups -OCH3 is 2. The van der Waals surface area contributed by atoms with Gasteiger partial charge in [-0.3, -0.25) is 62.5 Å². The van der Waals surface area contributed by atoms with Crippen molar-refractivity contribution in [3.05, 3.63) is 82.3 Å². The number of ether oxygens (including phenoxy) is 5. The van der Waals surface area contributed by atoms with Crippen LogP contribution in [0.4, 0.5) is 15.3 Å². The van der Waals surface area contributed by atoms with Gasteiger partial charge in [0.1, 0.15) is 29.2 Å². The van der Waals surface area contributed by atoms with Crippen molar-refractivity contribution in [1.82, 2.24) is 66.3 Å². The van der Waals surface area contributed by atoms with Crippen molar-refractivity contribution in [3.63, 3.8) is 0 Å². The lowest BCUT2D eigenvalue weighted by Crippen LogP contribution is -2.60. The van der Waals surface area contributed by atoms with Crippen LogP contribution in [0.25, 0.3) is 0 Å². The van der Waals surface area contributed by atoms with Crippen molar-refractivity contribution in [2.75, 3.05) is 119 Å². The molecule has 33 nitrogen and oxygen atoms in total. The van der Waals surface area contributed by atoms with Gasteiger partial charge in [0, 0.05) is 129 Å². The standard InChI is InChI=1S/C84H131N15O18S/c1-16-18-26-59-50-67(102)99(80(59)108)39-33-65(100)86-36-45-116-47-46-115-44-34-66(101)92-69(52(3)4)77(106)90-61(27-22-35-88-83(85)111)76(105)89-60-31-29-58(30-32-60)74(82(110)97-42-40-94(11)41-43-97)117-84(112)96(13)71(54(7)8)78(107)93-70(53(5)6)81(109)95(12)72(55(9)17-2)64(113-14)51-68(103)98-38-23-28-63(98)73(114-15)56(10)75(104)91-62(79-87-37-48-118-79)49-57-24-20-19-21-25-57/h19-21,24-25,29-32,37,48,52-56,59,61-64,69-74H,16-18,22-23,26-28,33-36,38-47,49-51H2,1-15H3,(H,86,100)(H,89,105)(H,90,106)(H,91,104)(H,92,101)(H,93,107)(H3,85,88,111)/t55-,56+,59?,61-,62-,63-,64+,69-,70-,71-,72-,73+,74?/m0/s1. The molecule has 2 aromatic carbocycles. The molecule has 0 saturated carbocycles. The minimum Gasteiger partial charge on any atom is -0.431 e. The van der Waals surface area contributed by atoms with Crippen LogP contribution in [-0.4, -0.2) is 274 Å². The van der Waals surface area contributed by atoms with Crippen molar-refractivity contribution in [2.45, 2.75) is 213 Å². The van der Waals surface area contributed by atoms with Crippen LogP contribution in [0.3, 0.4) is 0 Å². The van der Waals surface area contributed by atoms with Crippen LogP contribution >= 0.6 is 11.3 Å². The Hall–Kier alpha value is -9.22. The van der Waals surface area contributed by atoms with E-state index in [2.05, 4.69) is 47.1 Å². The van der Waals surface area contributed by atoms with Gasteiger partial charge < -0.3 is 86.2 Å². The van der Waals surface area contributed by atoms with Gasteiger partial charge in [0.05, 0.1) is 69.1 Å². The van der Waals surface area contributed by atoms with Gasteiger partial charge in [-0.2, -0.15) is 0 Å². The number of nitrogens with zero attached hydrogens (tertiary/aromatic N) is 7. The highest BCUT2D eigenvalue weighted by atomic mass is 32.1. The maximum absolute atomic E-state index is 15.2. The molecule has 2 unspecified atom stereocenters. The largest absolute Gasteiger partial charge is 0.431 e. The van der Waals surface area contributed by atoms with Gasteiger partial charge in [0.15, 0.2) is 0 Å². The van der Waals surface area contributed by atoms with Gasteiger partial charge in [0.25, 0.3) is 5.91 Å². The van der Waals surface area contributed by atoms with E-state index in [9.17, 15) is 57.5 Å². The molecule has 0 radical (unpaired) electrons. The molecule has 118 heavy (non-hydrogen) atoms. The van der Waals surface area contributed by atoms with E-state index in [0.717, 1.165) is 28.3 Å². The Morgan fingerprint density at radius 2 is 1.37 bits per heavy atom. The summed E-state index contributed by atoms with van der Waals surface area (Å²) in [7, 11) is 7.98. The predicted octanol–water partition coefficient (Wildman–Crippen LogP) is 5.72. The quantitative estimate of drug-likeness (QED) is 0.0247. The third kappa shape index (κ3) is 29.3. The summed E-state index contributed by atoms with van der Waals surface area (Å²) >= 11 is 1.46. The summed E-state index contributed by atoms with van der Waals surface area (Å²) < 4.78 is 29.6. The Balaban J connectivity index is 1.07.